The molecule has 492 valence electrons. The Morgan fingerprint density at radius 2 is 0.377 bits per heavy atom. The van der Waals surface area contributed by atoms with Crippen molar-refractivity contribution in [2.45, 2.75) is 37.0 Å². The molecule has 0 saturated heterocycles. The average molecular weight is 1450 g/mol. The molecule has 0 N–H and O–H groups in total. The van der Waals surface area contributed by atoms with Crippen LogP contribution in [-0.2, 0) is 16.2 Å². The quantitative estimate of drug-likeness (QED) is 0.163. The normalized spacial score (nSPS) is 15.7. The van der Waals surface area contributed by atoms with Crippen LogP contribution in [0.4, 0.5) is 51.2 Å². The van der Waals surface area contributed by atoms with Gasteiger partial charge in [0.25, 0.3) is 0 Å². The van der Waals surface area contributed by atoms with E-state index < -0.39 is 34.6 Å². The maximum atomic E-state index is 2.77. The first-order chi connectivity index (χ1) is 52.3. The molecule has 25 rings (SSSR count). The van der Waals surface area contributed by atoms with Crippen LogP contribution in [0.2, 0.25) is 0 Å². The van der Waals surface area contributed by atoms with Gasteiger partial charge >= 0.3 is 626 Å². The SMILES string of the molecule is Cc1cc2[c]3c(c1)N(c1ccc4c(c1)C1(c5ccccc5-c5ccccc51)c1ccccc1-4)c1cc(C)cc4[c]1[Sn]3([c]1ccccc1)[c]1c(cc(C)cc1N4c1ccc3c(c1)C1(c4ccccc4-c4ccccc41)c1ccccc1-3)N2c1ccc2c(c1)C1(c3ccccc3-c3ccccc31)c1ccccc1-2. The molecular weight excluding hydrogens is 1390 g/mol. The molecule has 16 aromatic carbocycles. The summed E-state index contributed by atoms with van der Waals surface area (Å²) >= 11 is -4.92. The van der Waals surface area contributed by atoms with Crippen molar-refractivity contribution in [3.8, 4) is 66.8 Å². The van der Waals surface area contributed by atoms with Crippen molar-refractivity contribution in [3.05, 3.63) is 423 Å². The number of hydrogen-bond acceptors (Lipinski definition) is 3. The summed E-state index contributed by atoms with van der Waals surface area (Å²) in [6.45, 7) is 7.07. The van der Waals surface area contributed by atoms with Crippen molar-refractivity contribution in [1.82, 2.24) is 0 Å². The summed E-state index contributed by atoms with van der Waals surface area (Å²) in [5.74, 6) is 0. The number of aryl methyl sites for hydroxylation is 3. The van der Waals surface area contributed by atoms with Gasteiger partial charge in [-0.05, 0) is 0 Å². The van der Waals surface area contributed by atoms with E-state index in [1.54, 1.807) is 0 Å². The van der Waals surface area contributed by atoms with E-state index in [0.717, 1.165) is 17.1 Å². The Kier molecular flexibility index (Phi) is 11.1. The number of anilines is 9. The molecule has 3 aliphatic heterocycles. The van der Waals surface area contributed by atoms with E-state index in [-0.39, 0.29) is 0 Å². The molecule has 3 spiro atoms. The van der Waals surface area contributed by atoms with Crippen LogP contribution in [0, 0.1) is 20.8 Å². The molecule has 106 heavy (non-hydrogen) atoms. The second kappa shape index (κ2) is 20.2. The van der Waals surface area contributed by atoms with Crippen LogP contribution < -0.4 is 29.0 Å². The Morgan fingerprint density at radius 3 is 0.594 bits per heavy atom. The van der Waals surface area contributed by atoms with Gasteiger partial charge in [0.2, 0.25) is 0 Å². The maximum absolute atomic E-state index is 4.92. The molecule has 3 nitrogen and oxygen atoms in total. The molecule has 16 aromatic rings. The van der Waals surface area contributed by atoms with Gasteiger partial charge in [-0.2, -0.15) is 0 Å². The van der Waals surface area contributed by atoms with Crippen molar-refractivity contribution in [3.63, 3.8) is 0 Å². The monoisotopic (exact) mass is 1450 g/mol. The second-order valence-corrected chi connectivity index (χ2v) is 41.2. The molecule has 0 bridgehead atoms. The second-order valence-electron chi connectivity index (χ2n) is 31.0. The molecule has 0 atom stereocenters. The number of fused-ring (bicyclic) bond motifs is 30. The minimum absolute atomic E-state index is 0.550. The van der Waals surface area contributed by atoms with Gasteiger partial charge in [0.05, 0.1) is 0 Å². The fraction of sp³-hybridized carbons (Fsp3) is 0.0588. The molecule has 6 aliphatic carbocycles. The van der Waals surface area contributed by atoms with Crippen molar-refractivity contribution < 1.29 is 0 Å². The van der Waals surface area contributed by atoms with Crippen molar-refractivity contribution in [2.24, 2.45) is 0 Å². The van der Waals surface area contributed by atoms with E-state index in [1.807, 2.05) is 0 Å². The van der Waals surface area contributed by atoms with Crippen molar-refractivity contribution in [1.29, 1.82) is 0 Å². The third kappa shape index (κ3) is 6.62. The first-order valence-corrected chi connectivity index (χ1v) is 43.3. The minimum atomic E-state index is -4.92. The van der Waals surface area contributed by atoms with Crippen molar-refractivity contribution in [2.75, 3.05) is 14.7 Å². The van der Waals surface area contributed by atoms with E-state index in [2.05, 4.69) is 375 Å². The Morgan fingerprint density at radius 1 is 0.189 bits per heavy atom. The summed E-state index contributed by atoms with van der Waals surface area (Å²) in [5, 5.41) is 0. The van der Waals surface area contributed by atoms with Crippen LogP contribution in [0.1, 0.15) is 83.5 Å². The first kappa shape index (κ1) is 58.1. The Hall–Kier alpha value is -12.3. The van der Waals surface area contributed by atoms with Gasteiger partial charge in [-0.15, -0.1) is 0 Å². The van der Waals surface area contributed by atoms with E-state index in [1.165, 1.54) is 199 Å². The predicted octanol–water partition coefficient (Wildman–Crippen LogP) is 22.4. The van der Waals surface area contributed by atoms with E-state index in [9.17, 15) is 0 Å². The molecule has 0 radical (unpaired) electrons. The number of rotatable bonds is 4. The van der Waals surface area contributed by atoms with Crippen LogP contribution >= 0.6 is 0 Å². The Bertz CT molecular complexity index is 5870. The van der Waals surface area contributed by atoms with Gasteiger partial charge in [0, 0.05) is 0 Å². The van der Waals surface area contributed by atoms with Crippen LogP contribution in [0.25, 0.3) is 66.8 Å². The van der Waals surface area contributed by atoms with Gasteiger partial charge in [-0.1, -0.05) is 0 Å². The number of hydrogen-bond donors (Lipinski definition) is 0. The molecule has 0 unspecified atom stereocenters. The molecule has 0 aromatic heterocycles. The van der Waals surface area contributed by atoms with Crippen LogP contribution in [0.5, 0.6) is 0 Å². The third-order valence-electron chi connectivity index (χ3n) is 26.2. The molecule has 9 aliphatic rings. The fourth-order valence-electron chi connectivity index (χ4n) is 22.8. The summed E-state index contributed by atoms with van der Waals surface area (Å²) in [5.41, 5.74) is 44.8. The molecule has 0 saturated carbocycles. The summed E-state index contributed by atoms with van der Waals surface area (Å²) in [7, 11) is 0. The molecule has 0 amide bonds. The number of nitrogens with zero attached hydrogens (tertiary/aromatic N) is 3. The topological polar surface area (TPSA) is 9.72 Å². The van der Waals surface area contributed by atoms with Gasteiger partial charge in [-0.3, -0.25) is 0 Å². The van der Waals surface area contributed by atoms with E-state index >= 15 is 0 Å². The molecule has 0 fully saturated rings. The average Bonchev–Trinajstić information content (AvgIpc) is 0.927. The predicted molar refractivity (Wildman–Crippen MR) is 438 cm³/mol. The van der Waals surface area contributed by atoms with Gasteiger partial charge in [0.1, 0.15) is 0 Å². The van der Waals surface area contributed by atoms with E-state index in [4.69, 9.17) is 0 Å². The number of benzene rings is 16. The summed E-state index contributed by atoms with van der Waals surface area (Å²) < 4.78 is 5.89. The zero-order chi connectivity index (χ0) is 69.4. The summed E-state index contributed by atoms with van der Waals surface area (Å²) in [4.78, 5) is 8.30. The Labute approximate surface area is 620 Å². The van der Waals surface area contributed by atoms with Crippen molar-refractivity contribution >= 4 is 83.9 Å². The van der Waals surface area contributed by atoms with Gasteiger partial charge in [0.15, 0.2) is 0 Å². The van der Waals surface area contributed by atoms with Crippen LogP contribution in [-0.4, -0.2) is 18.4 Å². The molecule has 3 heterocycles. The van der Waals surface area contributed by atoms with Crippen LogP contribution in [0.3, 0.4) is 0 Å². The fourth-order valence-corrected chi connectivity index (χ4v) is 39.2. The standard InChI is InChI=1S/C96H60N3.C6H5.Sn/c1-58-46-64-52-65(47-58)98(62-41-44-80-77-29-11-20-38-89(77)95(92(80)56-62)84-33-15-6-24-72(84)73-25-7-16-34-85(73)95)67-49-60(3)51-69(54-67)99(63-42-45-81-78-30-12-21-39-90(78)96(93(81)57-63)86-35-17-8-26-74(86)75-27-9-18-36-87(75)96)68-50-59(2)48-66(53-68)97(64)61-40-43-79-76-28-10-19-37-88(76)94(91(79)55-61)82-31-13-4-22-70(82)71-23-5-14-32-83(71)94;1-2-4-6-5-3-1;/h4-51,55-57H,1-3H3;1-5H;. The summed E-state index contributed by atoms with van der Waals surface area (Å²) in [6.07, 6.45) is 0. The molecular formula is C102H65N3Sn. The Balaban J connectivity index is 0.816. The van der Waals surface area contributed by atoms with Crippen LogP contribution in [0.15, 0.2) is 340 Å². The van der Waals surface area contributed by atoms with Gasteiger partial charge < -0.3 is 0 Å². The van der Waals surface area contributed by atoms with E-state index in [0.29, 0.717) is 0 Å². The zero-order valence-corrected chi connectivity index (χ0v) is 61.5. The molecule has 4 heteroatoms. The van der Waals surface area contributed by atoms with Gasteiger partial charge in [-0.25, -0.2) is 0 Å². The zero-order valence-electron chi connectivity index (χ0n) is 58.7. The summed E-state index contributed by atoms with van der Waals surface area (Å²) in [6, 6.07) is 134. The third-order valence-corrected chi connectivity index (χ3v) is 40.4. The first-order valence-electron chi connectivity index (χ1n) is 37.5.